The average Bonchev–Trinajstić information content (AvgIpc) is 2.33. The molecule has 0 aliphatic heterocycles. The molecule has 0 radical (unpaired) electrons. The third-order valence-electron chi connectivity index (χ3n) is 2.75. The van der Waals surface area contributed by atoms with Crippen molar-refractivity contribution < 1.29 is 18.3 Å². The third kappa shape index (κ3) is 5.51. The van der Waals surface area contributed by atoms with E-state index in [1.807, 2.05) is 6.07 Å². The van der Waals surface area contributed by atoms with Crippen molar-refractivity contribution in [3.63, 3.8) is 0 Å². The van der Waals surface area contributed by atoms with E-state index in [4.69, 9.17) is 0 Å². The fourth-order valence-electron chi connectivity index (χ4n) is 1.75. The molecule has 0 amide bonds. The maximum atomic E-state index is 12.2. The minimum Gasteiger partial charge on any atom is -0.388 e. The number of hydrogen-bond donors (Lipinski definition) is 1. The molecule has 18 heavy (non-hydrogen) atoms. The Kier molecular flexibility index (Phi) is 5.62. The fraction of sp³-hybridized carbons (Fsp3) is 0.538. The van der Waals surface area contributed by atoms with Crippen LogP contribution >= 0.6 is 0 Å². The number of alkyl halides is 3. The van der Waals surface area contributed by atoms with Crippen LogP contribution in [0.2, 0.25) is 0 Å². The van der Waals surface area contributed by atoms with Crippen LogP contribution in [-0.4, -0.2) is 35.8 Å². The van der Waals surface area contributed by atoms with Gasteiger partial charge >= 0.3 is 6.18 Å². The maximum absolute atomic E-state index is 12.2. The number of aliphatic hydroxyl groups excluding tert-OH is 1. The van der Waals surface area contributed by atoms with E-state index in [1.165, 1.54) is 4.90 Å². The molecule has 0 aliphatic rings. The van der Waals surface area contributed by atoms with E-state index in [0.29, 0.717) is 13.0 Å². The molecule has 0 aromatic heterocycles. The molecule has 1 atom stereocenters. The number of hydrogen-bond acceptors (Lipinski definition) is 2. The molecular formula is C13H18F3NO. The molecule has 0 fully saturated rings. The third-order valence-corrected chi connectivity index (χ3v) is 2.75. The van der Waals surface area contributed by atoms with Crippen molar-refractivity contribution in [3.05, 3.63) is 35.9 Å². The van der Waals surface area contributed by atoms with Crippen molar-refractivity contribution in [3.8, 4) is 0 Å². The Hall–Kier alpha value is -1.07. The Labute approximate surface area is 105 Å². The lowest BCUT2D eigenvalue weighted by atomic mass is 10.1. The van der Waals surface area contributed by atoms with Crippen molar-refractivity contribution >= 4 is 0 Å². The Morgan fingerprint density at radius 3 is 2.33 bits per heavy atom. The van der Waals surface area contributed by atoms with E-state index in [2.05, 4.69) is 0 Å². The van der Waals surface area contributed by atoms with Crippen LogP contribution in [0.5, 0.6) is 0 Å². The first-order valence-electron chi connectivity index (χ1n) is 5.94. The Bertz CT molecular complexity index is 340. The monoisotopic (exact) mass is 261 g/mol. The second-order valence-corrected chi connectivity index (χ2v) is 4.20. The number of aliphatic hydroxyl groups is 1. The van der Waals surface area contributed by atoms with Gasteiger partial charge in [-0.2, -0.15) is 13.2 Å². The highest BCUT2D eigenvalue weighted by Gasteiger charge is 2.30. The van der Waals surface area contributed by atoms with Crippen LogP contribution in [0.1, 0.15) is 25.0 Å². The van der Waals surface area contributed by atoms with E-state index >= 15 is 0 Å². The summed E-state index contributed by atoms with van der Waals surface area (Å²) in [4.78, 5) is 1.28. The molecule has 0 bridgehead atoms. The molecule has 0 spiro atoms. The first-order valence-corrected chi connectivity index (χ1v) is 5.94. The average molecular weight is 261 g/mol. The van der Waals surface area contributed by atoms with Gasteiger partial charge in [0.25, 0.3) is 0 Å². The van der Waals surface area contributed by atoms with Gasteiger partial charge in [0.2, 0.25) is 0 Å². The van der Waals surface area contributed by atoms with Gasteiger partial charge in [-0.15, -0.1) is 0 Å². The van der Waals surface area contributed by atoms with Crippen LogP contribution < -0.4 is 0 Å². The summed E-state index contributed by atoms with van der Waals surface area (Å²) in [7, 11) is 0. The van der Waals surface area contributed by atoms with Crippen LogP contribution in [0.3, 0.4) is 0 Å². The molecule has 5 heteroatoms. The molecule has 0 saturated carbocycles. The van der Waals surface area contributed by atoms with Gasteiger partial charge in [0.05, 0.1) is 12.6 Å². The van der Waals surface area contributed by atoms with Crippen LogP contribution in [-0.2, 0) is 0 Å². The number of nitrogens with zero attached hydrogens (tertiary/aromatic N) is 1. The highest BCUT2D eigenvalue weighted by Crippen LogP contribution is 2.19. The van der Waals surface area contributed by atoms with Crippen molar-refractivity contribution in [1.29, 1.82) is 0 Å². The Balaban J connectivity index is 2.43. The summed E-state index contributed by atoms with van der Waals surface area (Å²) in [6, 6.07) is 8.96. The Morgan fingerprint density at radius 2 is 1.83 bits per heavy atom. The van der Waals surface area contributed by atoms with Crippen LogP contribution in [0.4, 0.5) is 13.2 Å². The molecule has 1 unspecified atom stereocenters. The van der Waals surface area contributed by atoms with Crippen LogP contribution in [0, 0.1) is 0 Å². The summed E-state index contributed by atoms with van der Waals surface area (Å²) < 4.78 is 36.7. The lowest BCUT2D eigenvalue weighted by Gasteiger charge is -2.23. The highest BCUT2D eigenvalue weighted by molar-refractivity contribution is 5.17. The van der Waals surface area contributed by atoms with Crippen molar-refractivity contribution in [2.45, 2.75) is 25.6 Å². The maximum Gasteiger partial charge on any atom is 0.401 e. The van der Waals surface area contributed by atoms with Crippen molar-refractivity contribution in [2.24, 2.45) is 0 Å². The zero-order valence-electron chi connectivity index (χ0n) is 10.3. The molecule has 2 nitrogen and oxygen atoms in total. The lowest BCUT2D eigenvalue weighted by molar-refractivity contribution is -0.146. The van der Waals surface area contributed by atoms with Gasteiger partial charge in [0.1, 0.15) is 0 Å². The molecule has 0 saturated heterocycles. The number of halogens is 3. The van der Waals surface area contributed by atoms with Crippen molar-refractivity contribution in [2.75, 3.05) is 19.6 Å². The SMILES string of the molecule is CCN(CCC(O)c1ccccc1)CC(F)(F)F. The van der Waals surface area contributed by atoms with E-state index in [1.54, 1.807) is 31.2 Å². The van der Waals surface area contributed by atoms with Crippen molar-refractivity contribution in [1.82, 2.24) is 4.90 Å². The van der Waals surface area contributed by atoms with E-state index < -0.39 is 18.8 Å². The first-order chi connectivity index (χ1) is 8.42. The molecule has 0 aliphatic carbocycles. The molecule has 1 N–H and O–H groups in total. The van der Waals surface area contributed by atoms with E-state index in [0.717, 1.165) is 5.56 Å². The summed E-state index contributed by atoms with van der Waals surface area (Å²) in [5, 5.41) is 9.86. The summed E-state index contributed by atoms with van der Waals surface area (Å²) in [5.41, 5.74) is 0.737. The van der Waals surface area contributed by atoms with E-state index in [9.17, 15) is 18.3 Å². The zero-order valence-corrected chi connectivity index (χ0v) is 10.3. The predicted molar refractivity (Wildman–Crippen MR) is 64.2 cm³/mol. The minimum atomic E-state index is -4.19. The Morgan fingerprint density at radius 1 is 1.22 bits per heavy atom. The smallest absolute Gasteiger partial charge is 0.388 e. The quantitative estimate of drug-likeness (QED) is 0.851. The van der Waals surface area contributed by atoms with Gasteiger partial charge < -0.3 is 5.11 Å². The first kappa shape index (κ1) is 15.0. The second-order valence-electron chi connectivity index (χ2n) is 4.20. The van der Waals surface area contributed by atoms with Crippen LogP contribution in [0.25, 0.3) is 0 Å². The molecule has 102 valence electrons. The van der Waals surface area contributed by atoms with Gasteiger partial charge in [0, 0.05) is 6.54 Å². The molecular weight excluding hydrogens is 243 g/mol. The van der Waals surface area contributed by atoms with Gasteiger partial charge in [-0.1, -0.05) is 37.3 Å². The summed E-state index contributed by atoms with van der Waals surface area (Å²) in [6.45, 7) is 1.30. The predicted octanol–water partition coefficient (Wildman–Crippen LogP) is 2.99. The van der Waals surface area contributed by atoms with Gasteiger partial charge in [-0.25, -0.2) is 0 Å². The lowest BCUT2D eigenvalue weighted by Crippen LogP contribution is -2.35. The topological polar surface area (TPSA) is 23.5 Å². The minimum absolute atomic E-state index is 0.228. The largest absolute Gasteiger partial charge is 0.401 e. The fourth-order valence-corrected chi connectivity index (χ4v) is 1.75. The molecule has 0 heterocycles. The summed E-state index contributed by atoms with van der Waals surface area (Å²) in [6.07, 6.45) is -4.60. The molecule has 1 aromatic rings. The van der Waals surface area contributed by atoms with E-state index in [-0.39, 0.29) is 6.54 Å². The van der Waals surface area contributed by atoms with Gasteiger partial charge in [0.15, 0.2) is 0 Å². The normalized spacial score (nSPS) is 13.9. The summed E-state index contributed by atoms with van der Waals surface area (Å²) in [5.74, 6) is 0. The van der Waals surface area contributed by atoms with Crippen LogP contribution in [0.15, 0.2) is 30.3 Å². The molecule has 1 aromatic carbocycles. The number of rotatable bonds is 6. The van der Waals surface area contributed by atoms with Gasteiger partial charge in [-0.05, 0) is 18.5 Å². The standard InChI is InChI=1S/C13H18F3NO/c1-2-17(10-13(14,15)16)9-8-12(18)11-6-4-3-5-7-11/h3-7,12,18H,2,8-10H2,1H3. The van der Waals surface area contributed by atoms with Gasteiger partial charge in [-0.3, -0.25) is 4.90 Å². The number of benzene rings is 1. The second kappa shape index (κ2) is 6.75. The zero-order chi connectivity index (χ0) is 13.6. The highest BCUT2D eigenvalue weighted by atomic mass is 19.4. The summed E-state index contributed by atoms with van der Waals surface area (Å²) >= 11 is 0. The molecule has 1 rings (SSSR count).